The van der Waals surface area contributed by atoms with Crippen LogP contribution in [0.25, 0.3) is 11.3 Å². The minimum Gasteiger partial charge on any atom is -0.461 e. The van der Waals surface area contributed by atoms with Crippen molar-refractivity contribution < 1.29 is 14.0 Å². The zero-order valence-corrected chi connectivity index (χ0v) is 22.3. The van der Waals surface area contributed by atoms with Crippen LogP contribution in [-0.2, 0) is 17.8 Å². The molecule has 1 aliphatic rings. The van der Waals surface area contributed by atoms with E-state index < -0.39 is 5.92 Å². The summed E-state index contributed by atoms with van der Waals surface area (Å²) >= 11 is 0. The largest absolute Gasteiger partial charge is 0.461 e. The first-order chi connectivity index (χ1) is 19.5. The summed E-state index contributed by atoms with van der Waals surface area (Å²) in [7, 11) is 0. The van der Waals surface area contributed by atoms with E-state index in [0.717, 1.165) is 45.0 Å². The van der Waals surface area contributed by atoms with E-state index in [-0.39, 0.29) is 11.8 Å². The van der Waals surface area contributed by atoms with Gasteiger partial charge in [-0.2, -0.15) is 0 Å². The molecule has 1 N–H and O–H groups in total. The Hall–Kier alpha value is -4.90. The Morgan fingerprint density at radius 1 is 0.800 bits per heavy atom. The zero-order chi connectivity index (χ0) is 27.5. The highest BCUT2D eigenvalue weighted by molar-refractivity contribution is 5.98. The topological polar surface area (TPSA) is 62.6 Å². The lowest BCUT2D eigenvalue weighted by Crippen LogP contribution is -2.35. The van der Waals surface area contributed by atoms with Gasteiger partial charge in [-0.05, 0) is 60.5 Å². The Labute approximate surface area is 234 Å². The zero-order valence-electron chi connectivity index (χ0n) is 22.3. The number of benzene rings is 4. The highest BCUT2D eigenvalue weighted by Gasteiger charge is 2.26. The van der Waals surface area contributed by atoms with E-state index in [1.807, 2.05) is 127 Å². The van der Waals surface area contributed by atoms with Crippen molar-refractivity contribution in [1.29, 1.82) is 0 Å². The summed E-state index contributed by atoms with van der Waals surface area (Å²) in [6.07, 6.45) is 0.682. The van der Waals surface area contributed by atoms with E-state index in [9.17, 15) is 9.59 Å². The van der Waals surface area contributed by atoms with Crippen molar-refractivity contribution in [2.45, 2.75) is 25.8 Å². The fourth-order valence-corrected chi connectivity index (χ4v) is 5.25. The van der Waals surface area contributed by atoms with Gasteiger partial charge in [0.1, 0.15) is 11.5 Å². The van der Waals surface area contributed by atoms with Crippen LogP contribution in [0, 0.1) is 6.92 Å². The summed E-state index contributed by atoms with van der Waals surface area (Å²) in [5.41, 5.74) is 6.40. The maximum absolute atomic E-state index is 13.4. The Morgan fingerprint density at radius 2 is 1.43 bits per heavy atom. The second kappa shape index (κ2) is 11.1. The van der Waals surface area contributed by atoms with E-state index in [2.05, 4.69) is 5.32 Å². The van der Waals surface area contributed by atoms with Crippen molar-refractivity contribution in [3.05, 3.63) is 149 Å². The molecule has 2 heterocycles. The molecule has 0 atom stereocenters. The van der Waals surface area contributed by atoms with Crippen molar-refractivity contribution in [2.75, 3.05) is 11.9 Å². The van der Waals surface area contributed by atoms with Crippen molar-refractivity contribution >= 4 is 17.5 Å². The van der Waals surface area contributed by atoms with Crippen LogP contribution in [-0.4, -0.2) is 23.3 Å². The van der Waals surface area contributed by atoms with E-state index in [1.165, 1.54) is 0 Å². The molecule has 0 radical (unpaired) electrons. The van der Waals surface area contributed by atoms with Gasteiger partial charge in [0.05, 0.1) is 5.92 Å². The molecule has 0 spiro atoms. The van der Waals surface area contributed by atoms with Gasteiger partial charge in [0, 0.05) is 41.9 Å². The van der Waals surface area contributed by atoms with Crippen molar-refractivity contribution in [2.24, 2.45) is 0 Å². The van der Waals surface area contributed by atoms with Crippen molar-refractivity contribution in [3.63, 3.8) is 0 Å². The third-order valence-electron chi connectivity index (χ3n) is 7.42. The molecule has 40 heavy (non-hydrogen) atoms. The highest BCUT2D eigenvalue weighted by atomic mass is 16.3. The van der Waals surface area contributed by atoms with E-state index in [1.54, 1.807) is 0 Å². The number of nitrogens with one attached hydrogen (secondary N) is 1. The number of nitrogens with zero attached hydrogens (tertiary/aromatic N) is 1. The van der Waals surface area contributed by atoms with E-state index in [4.69, 9.17) is 4.42 Å². The standard InChI is InChI=1S/C35H30N2O3/c1-24-12-14-28(15-13-24)35(39)37-21-20-31-29(23-37)22-32(40-31)25-16-18-30(19-17-25)36-34(38)33(26-8-4-2-5-9-26)27-10-6-3-7-11-27/h2-19,22,33H,20-21,23H2,1H3,(H,36,38). The van der Waals surface area contributed by atoms with Gasteiger partial charge in [-0.1, -0.05) is 78.4 Å². The minimum absolute atomic E-state index is 0.0396. The summed E-state index contributed by atoms with van der Waals surface area (Å²) in [6, 6.07) is 37.1. The molecule has 1 aliphatic heterocycles. The maximum atomic E-state index is 13.4. The van der Waals surface area contributed by atoms with Gasteiger partial charge < -0.3 is 14.6 Å². The number of carbonyl (C=O) groups is 2. The smallest absolute Gasteiger partial charge is 0.254 e. The fraction of sp³-hybridized carbons (Fsp3) is 0.143. The fourth-order valence-electron chi connectivity index (χ4n) is 5.25. The van der Waals surface area contributed by atoms with E-state index in [0.29, 0.717) is 25.1 Å². The molecular formula is C35H30N2O3. The van der Waals surface area contributed by atoms with Crippen LogP contribution in [0.3, 0.4) is 0 Å². The molecule has 0 bridgehead atoms. The lowest BCUT2D eigenvalue weighted by Gasteiger charge is -2.26. The van der Waals surface area contributed by atoms with Crippen LogP contribution in [0.1, 0.15) is 44.3 Å². The number of aryl methyl sites for hydroxylation is 1. The van der Waals surface area contributed by atoms with Gasteiger partial charge in [-0.3, -0.25) is 9.59 Å². The molecule has 0 aliphatic carbocycles. The first kappa shape index (κ1) is 25.4. The van der Waals surface area contributed by atoms with Crippen LogP contribution >= 0.6 is 0 Å². The second-order valence-corrected chi connectivity index (χ2v) is 10.2. The molecule has 0 saturated carbocycles. The maximum Gasteiger partial charge on any atom is 0.254 e. The Kier molecular flexibility index (Phi) is 7.02. The number of amides is 2. The molecule has 5 nitrogen and oxygen atoms in total. The van der Waals surface area contributed by atoms with E-state index >= 15 is 0 Å². The molecule has 5 aromatic rings. The van der Waals surface area contributed by atoms with Crippen LogP contribution in [0.2, 0.25) is 0 Å². The van der Waals surface area contributed by atoms with Crippen molar-refractivity contribution in [1.82, 2.24) is 4.90 Å². The predicted octanol–water partition coefficient (Wildman–Crippen LogP) is 7.22. The van der Waals surface area contributed by atoms with Gasteiger partial charge >= 0.3 is 0 Å². The number of furan rings is 1. The number of hydrogen-bond acceptors (Lipinski definition) is 3. The summed E-state index contributed by atoms with van der Waals surface area (Å²) in [4.78, 5) is 28.3. The molecule has 198 valence electrons. The molecule has 0 unspecified atom stereocenters. The highest BCUT2D eigenvalue weighted by Crippen LogP contribution is 2.32. The molecule has 4 aromatic carbocycles. The summed E-state index contributed by atoms with van der Waals surface area (Å²) in [5.74, 6) is 1.23. The third kappa shape index (κ3) is 5.32. The lowest BCUT2D eigenvalue weighted by atomic mass is 9.90. The number of rotatable bonds is 6. The summed E-state index contributed by atoms with van der Waals surface area (Å²) in [6.45, 7) is 3.17. The van der Waals surface area contributed by atoms with Gasteiger partial charge in [-0.25, -0.2) is 0 Å². The Morgan fingerprint density at radius 3 is 2.05 bits per heavy atom. The molecule has 5 heteroatoms. The molecule has 6 rings (SSSR count). The average molecular weight is 527 g/mol. The number of hydrogen-bond donors (Lipinski definition) is 1. The van der Waals surface area contributed by atoms with Crippen LogP contribution < -0.4 is 5.32 Å². The molecular weight excluding hydrogens is 496 g/mol. The summed E-state index contributed by atoms with van der Waals surface area (Å²) in [5, 5.41) is 3.09. The third-order valence-corrected chi connectivity index (χ3v) is 7.42. The Bertz CT molecular complexity index is 1580. The van der Waals surface area contributed by atoms with Gasteiger partial charge in [0.15, 0.2) is 0 Å². The number of carbonyl (C=O) groups excluding carboxylic acids is 2. The van der Waals surface area contributed by atoms with Crippen LogP contribution in [0.15, 0.2) is 120 Å². The lowest BCUT2D eigenvalue weighted by molar-refractivity contribution is -0.116. The first-order valence-electron chi connectivity index (χ1n) is 13.5. The summed E-state index contributed by atoms with van der Waals surface area (Å²) < 4.78 is 6.19. The van der Waals surface area contributed by atoms with Crippen LogP contribution in [0.5, 0.6) is 0 Å². The molecule has 2 amide bonds. The molecule has 0 fully saturated rings. The predicted molar refractivity (Wildman–Crippen MR) is 157 cm³/mol. The van der Waals surface area contributed by atoms with Gasteiger partial charge in [0.25, 0.3) is 5.91 Å². The van der Waals surface area contributed by atoms with Gasteiger partial charge in [-0.15, -0.1) is 0 Å². The normalized spacial score (nSPS) is 12.7. The second-order valence-electron chi connectivity index (χ2n) is 10.2. The quantitative estimate of drug-likeness (QED) is 0.254. The monoisotopic (exact) mass is 526 g/mol. The van der Waals surface area contributed by atoms with Crippen LogP contribution in [0.4, 0.5) is 5.69 Å². The molecule has 0 saturated heterocycles. The van der Waals surface area contributed by atoms with Gasteiger partial charge in [0.2, 0.25) is 5.91 Å². The first-order valence-corrected chi connectivity index (χ1v) is 13.5. The average Bonchev–Trinajstić information content (AvgIpc) is 3.42. The van der Waals surface area contributed by atoms with Crippen molar-refractivity contribution in [3.8, 4) is 11.3 Å². The Balaban J connectivity index is 1.16. The number of anilines is 1. The number of fused-ring (bicyclic) bond motifs is 1. The molecule has 1 aromatic heterocycles. The SMILES string of the molecule is Cc1ccc(C(=O)N2CCc3oc(-c4ccc(NC(=O)C(c5ccccc5)c5ccccc5)cc4)cc3C2)cc1. The minimum atomic E-state index is -0.413.